The second-order valence-corrected chi connectivity index (χ2v) is 6.89. The summed E-state index contributed by atoms with van der Waals surface area (Å²) in [6.07, 6.45) is 3.54. The van der Waals surface area contributed by atoms with Crippen molar-refractivity contribution in [2.75, 3.05) is 13.1 Å². The highest BCUT2D eigenvalue weighted by Crippen LogP contribution is 2.32. The number of likely N-dealkylation sites (tertiary alicyclic amines) is 1. The third kappa shape index (κ3) is 3.72. The van der Waals surface area contributed by atoms with E-state index in [2.05, 4.69) is 5.10 Å². The summed E-state index contributed by atoms with van der Waals surface area (Å²) in [5.41, 5.74) is 1.77. The molecule has 2 heterocycles. The summed E-state index contributed by atoms with van der Waals surface area (Å²) in [5.74, 6) is -1.92. The Balaban J connectivity index is 1.45. The van der Waals surface area contributed by atoms with Crippen molar-refractivity contribution in [3.63, 3.8) is 0 Å². The van der Waals surface area contributed by atoms with Crippen LogP contribution in [-0.4, -0.2) is 35.2 Å². The van der Waals surface area contributed by atoms with Crippen molar-refractivity contribution in [1.29, 1.82) is 5.26 Å². The molecule has 0 N–H and O–H groups in total. The smallest absolute Gasteiger partial charge is 0.315 e. The number of hydrogen-bond acceptors (Lipinski definition) is 3. The fraction of sp³-hybridized carbons (Fsp3) is 0.190. The van der Waals surface area contributed by atoms with E-state index in [0.29, 0.717) is 30.6 Å². The molecule has 0 saturated carbocycles. The Hall–Kier alpha value is -3.60. The predicted molar refractivity (Wildman–Crippen MR) is 100 cm³/mol. The summed E-state index contributed by atoms with van der Waals surface area (Å²) in [4.78, 5) is 14.3. The van der Waals surface area contributed by atoms with Gasteiger partial charge in [-0.3, -0.25) is 0 Å². The highest BCUT2D eigenvalue weighted by Gasteiger charge is 2.35. The van der Waals surface area contributed by atoms with Crippen LogP contribution < -0.4 is 0 Å². The molecule has 29 heavy (non-hydrogen) atoms. The largest absolute Gasteiger partial charge is 0.341 e. The van der Waals surface area contributed by atoms with Crippen molar-refractivity contribution >= 4 is 18.3 Å². The van der Waals surface area contributed by atoms with E-state index in [1.807, 2.05) is 6.07 Å². The molecule has 0 spiro atoms. The van der Waals surface area contributed by atoms with Gasteiger partial charge in [-0.2, -0.15) is 10.4 Å². The van der Waals surface area contributed by atoms with Crippen LogP contribution in [0.2, 0.25) is 0 Å². The molecule has 5 nitrogen and oxygen atoms in total. The minimum Gasteiger partial charge on any atom is -0.315 e. The molecular weight excluding hydrogens is 381 g/mol. The van der Waals surface area contributed by atoms with Crippen molar-refractivity contribution < 1.29 is 18.0 Å². The lowest BCUT2D eigenvalue weighted by Gasteiger charge is -2.37. The first-order valence-electron chi connectivity index (χ1n) is 8.90. The fourth-order valence-corrected chi connectivity index (χ4v) is 3.39. The van der Waals surface area contributed by atoms with Gasteiger partial charge in [0.1, 0.15) is 17.5 Å². The van der Waals surface area contributed by atoms with Gasteiger partial charge >= 0.3 is 6.03 Å². The molecule has 0 aromatic heterocycles. The third-order valence-electron chi connectivity index (χ3n) is 4.84. The van der Waals surface area contributed by atoms with Crippen LogP contribution in [0.25, 0.3) is 6.08 Å². The standard InChI is InChI=1S/C21H15F3N4O/c22-17-7-16(8-18(23)9-17)20-3-4-26-28(20)21(29)27-11-14(12-27)5-15-2-1-13(10-25)6-19(15)24/h1-2,4-9,20H,3,11-12H2. The highest BCUT2D eigenvalue weighted by molar-refractivity contribution is 5.81. The Kier molecular flexibility index (Phi) is 4.80. The SMILES string of the molecule is N#Cc1ccc(C=C2CN(C(=O)N3N=CCC3c3cc(F)cc(F)c3)C2)c(F)c1. The number of halogens is 3. The molecule has 1 unspecified atom stereocenters. The van der Waals surface area contributed by atoms with E-state index in [0.717, 1.165) is 17.7 Å². The molecule has 146 valence electrons. The Morgan fingerprint density at radius 1 is 1.14 bits per heavy atom. The second kappa shape index (κ2) is 7.43. The first-order valence-corrected chi connectivity index (χ1v) is 8.90. The quantitative estimate of drug-likeness (QED) is 0.763. The number of amides is 2. The van der Waals surface area contributed by atoms with Gasteiger partial charge in [0.25, 0.3) is 0 Å². The molecule has 1 atom stereocenters. The number of urea groups is 1. The van der Waals surface area contributed by atoms with Crippen molar-refractivity contribution in [3.05, 3.63) is 76.1 Å². The van der Waals surface area contributed by atoms with Crippen LogP contribution in [-0.2, 0) is 0 Å². The maximum atomic E-state index is 14.0. The monoisotopic (exact) mass is 396 g/mol. The first kappa shape index (κ1) is 18.7. The van der Waals surface area contributed by atoms with Gasteiger partial charge in [0.15, 0.2) is 0 Å². The van der Waals surface area contributed by atoms with Gasteiger partial charge < -0.3 is 4.90 Å². The summed E-state index contributed by atoms with van der Waals surface area (Å²) >= 11 is 0. The van der Waals surface area contributed by atoms with E-state index >= 15 is 0 Å². The molecule has 0 radical (unpaired) electrons. The van der Waals surface area contributed by atoms with Gasteiger partial charge in [0, 0.05) is 37.4 Å². The van der Waals surface area contributed by atoms with Gasteiger partial charge in [-0.25, -0.2) is 23.0 Å². The lowest BCUT2D eigenvalue weighted by molar-refractivity contribution is 0.136. The average molecular weight is 396 g/mol. The Morgan fingerprint density at radius 2 is 1.86 bits per heavy atom. The van der Waals surface area contributed by atoms with Crippen LogP contribution in [0.5, 0.6) is 0 Å². The zero-order chi connectivity index (χ0) is 20.5. The maximum absolute atomic E-state index is 14.0. The van der Waals surface area contributed by atoms with Crippen LogP contribution in [0.15, 0.2) is 47.1 Å². The molecule has 0 bridgehead atoms. The molecule has 2 aromatic rings. The summed E-state index contributed by atoms with van der Waals surface area (Å²) in [5, 5.41) is 14.1. The van der Waals surface area contributed by atoms with E-state index in [4.69, 9.17) is 5.26 Å². The molecule has 2 aliphatic rings. The van der Waals surface area contributed by atoms with Crippen LogP contribution in [0.1, 0.15) is 29.2 Å². The number of hydrazone groups is 1. The molecular formula is C21H15F3N4O. The molecule has 2 amide bonds. The van der Waals surface area contributed by atoms with E-state index in [1.165, 1.54) is 40.4 Å². The van der Waals surface area contributed by atoms with Crippen molar-refractivity contribution in [1.82, 2.24) is 9.91 Å². The molecule has 4 rings (SSSR count). The summed E-state index contributed by atoms with van der Waals surface area (Å²) in [7, 11) is 0. The van der Waals surface area contributed by atoms with Crippen LogP contribution in [0.4, 0.5) is 18.0 Å². The lowest BCUT2D eigenvalue weighted by atomic mass is 10.0. The molecule has 0 aliphatic carbocycles. The minimum absolute atomic E-state index is 0.238. The fourth-order valence-electron chi connectivity index (χ4n) is 3.39. The number of rotatable bonds is 2. The lowest BCUT2D eigenvalue weighted by Crippen LogP contribution is -2.49. The molecule has 2 aliphatic heterocycles. The molecule has 1 fully saturated rings. The topological polar surface area (TPSA) is 59.7 Å². The minimum atomic E-state index is -0.710. The zero-order valence-electron chi connectivity index (χ0n) is 15.1. The Labute approximate surface area is 165 Å². The van der Waals surface area contributed by atoms with Crippen LogP contribution >= 0.6 is 0 Å². The summed E-state index contributed by atoms with van der Waals surface area (Å²) < 4.78 is 41.1. The summed E-state index contributed by atoms with van der Waals surface area (Å²) in [6, 6.07) is 8.29. The van der Waals surface area contributed by atoms with Gasteiger partial charge in [-0.1, -0.05) is 6.07 Å². The van der Waals surface area contributed by atoms with E-state index in [9.17, 15) is 18.0 Å². The number of carbonyl (C=O) groups is 1. The number of nitriles is 1. The average Bonchev–Trinajstić information content (AvgIpc) is 3.14. The maximum Gasteiger partial charge on any atom is 0.341 e. The molecule has 8 heteroatoms. The van der Waals surface area contributed by atoms with Crippen molar-refractivity contribution in [3.8, 4) is 6.07 Å². The van der Waals surface area contributed by atoms with Crippen molar-refractivity contribution in [2.24, 2.45) is 5.10 Å². The highest BCUT2D eigenvalue weighted by atomic mass is 19.1. The number of benzene rings is 2. The second-order valence-electron chi connectivity index (χ2n) is 6.89. The van der Waals surface area contributed by atoms with E-state index in [-0.39, 0.29) is 11.6 Å². The van der Waals surface area contributed by atoms with Crippen LogP contribution in [0, 0.1) is 28.8 Å². The van der Waals surface area contributed by atoms with Gasteiger partial charge in [0.05, 0.1) is 17.7 Å². The summed E-state index contributed by atoms with van der Waals surface area (Å²) in [6.45, 7) is 0.600. The van der Waals surface area contributed by atoms with E-state index < -0.39 is 23.5 Å². The predicted octanol–water partition coefficient (Wildman–Crippen LogP) is 4.23. The number of hydrogen-bond donors (Lipinski definition) is 0. The van der Waals surface area contributed by atoms with E-state index in [1.54, 1.807) is 6.08 Å². The number of carbonyl (C=O) groups excluding carboxylic acids is 1. The third-order valence-corrected chi connectivity index (χ3v) is 4.84. The van der Waals surface area contributed by atoms with Crippen molar-refractivity contribution in [2.45, 2.75) is 12.5 Å². The van der Waals surface area contributed by atoms with Crippen LogP contribution in [0.3, 0.4) is 0 Å². The van der Waals surface area contributed by atoms with Gasteiger partial charge in [-0.15, -0.1) is 0 Å². The zero-order valence-corrected chi connectivity index (χ0v) is 15.1. The Morgan fingerprint density at radius 3 is 2.52 bits per heavy atom. The molecule has 2 aromatic carbocycles. The molecule has 1 saturated heterocycles. The normalized spacial score (nSPS) is 17.9. The Bertz CT molecular complexity index is 1060. The number of nitrogens with zero attached hydrogens (tertiary/aromatic N) is 4. The van der Waals surface area contributed by atoms with Gasteiger partial charge in [-0.05, 0) is 41.5 Å². The first-order chi connectivity index (χ1) is 13.9. The van der Waals surface area contributed by atoms with Gasteiger partial charge in [0.2, 0.25) is 0 Å².